The summed E-state index contributed by atoms with van der Waals surface area (Å²) < 4.78 is 15.2. The predicted octanol–water partition coefficient (Wildman–Crippen LogP) is 4.64. The minimum atomic E-state index is -0.296. The van der Waals surface area contributed by atoms with Gasteiger partial charge < -0.3 is 4.90 Å². The number of anilines is 1. The van der Waals surface area contributed by atoms with E-state index in [1.54, 1.807) is 11.0 Å². The van der Waals surface area contributed by atoms with Gasteiger partial charge in [-0.05, 0) is 80.0 Å². The van der Waals surface area contributed by atoms with Crippen molar-refractivity contribution in [3.05, 3.63) is 57.4 Å². The number of amides is 1. The molecule has 0 spiro atoms. The predicted molar refractivity (Wildman–Crippen MR) is 114 cm³/mol. The quantitative estimate of drug-likeness (QED) is 0.480. The summed E-state index contributed by atoms with van der Waals surface area (Å²) in [7, 11) is 4.01. The average molecular weight is 483 g/mol. The zero-order valence-electron chi connectivity index (χ0n) is 14.6. The molecule has 0 aliphatic rings. The fourth-order valence-electron chi connectivity index (χ4n) is 2.61. The average Bonchev–Trinajstić information content (AvgIpc) is 3.01. The Morgan fingerprint density at radius 3 is 2.69 bits per heavy atom. The van der Waals surface area contributed by atoms with Gasteiger partial charge in [-0.15, -0.1) is 0 Å². The summed E-state index contributed by atoms with van der Waals surface area (Å²) in [6.45, 7) is 1.43. The van der Waals surface area contributed by atoms with Crippen LogP contribution in [0.1, 0.15) is 16.8 Å². The van der Waals surface area contributed by atoms with E-state index in [-0.39, 0.29) is 11.7 Å². The first-order valence-corrected chi connectivity index (χ1v) is 10.1. The number of nitrogens with zero attached hydrogens (tertiary/aromatic N) is 3. The van der Waals surface area contributed by atoms with E-state index in [4.69, 9.17) is 0 Å². The SMILES string of the molecule is CN(C)CCCN(C(=O)c1ccccc1I)c1nc2ccc(F)cc2s1. The highest BCUT2D eigenvalue weighted by Crippen LogP contribution is 2.31. The second-order valence-electron chi connectivity index (χ2n) is 6.20. The third-order valence-corrected chi connectivity index (χ3v) is 5.89. The lowest BCUT2D eigenvalue weighted by Crippen LogP contribution is -2.33. The molecule has 1 amide bonds. The number of aromatic nitrogens is 1. The van der Waals surface area contributed by atoms with Gasteiger partial charge in [0.15, 0.2) is 5.13 Å². The molecule has 3 rings (SSSR count). The number of carbonyl (C=O) groups is 1. The van der Waals surface area contributed by atoms with Crippen molar-refractivity contribution in [3.8, 4) is 0 Å². The van der Waals surface area contributed by atoms with Crippen LogP contribution in [0.5, 0.6) is 0 Å². The third kappa shape index (κ3) is 4.39. The Hall–Kier alpha value is -1.58. The number of thiazole rings is 1. The molecule has 1 heterocycles. The number of fused-ring (bicyclic) bond motifs is 1. The van der Waals surface area contributed by atoms with Crippen molar-refractivity contribution < 1.29 is 9.18 Å². The Morgan fingerprint density at radius 1 is 1.19 bits per heavy atom. The van der Waals surface area contributed by atoms with Crippen molar-refractivity contribution in [2.75, 3.05) is 32.1 Å². The third-order valence-electron chi connectivity index (χ3n) is 3.91. The van der Waals surface area contributed by atoms with Crippen LogP contribution in [0.15, 0.2) is 42.5 Å². The molecule has 7 heteroatoms. The molecule has 0 bridgehead atoms. The highest BCUT2D eigenvalue weighted by atomic mass is 127. The summed E-state index contributed by atoms with van der Waals surface area (Å²) in [5, 5.41) is 0.606. The molecule has 0 fully saturated rings. The van der Waals surface area contributed by atoms with Gasteiger partial charge in [-0.1, -0.05) is 23.5 Å². The van der Waals surface area contributed by atoms with E-state index in [0.717, 1.165) is 21.2 Å². The topological polar surface area (TPSA) is 36.4 Å². The lowest BCUT2D eigenvalue weighted by molar-refractivity contribution is 0.0985. The highest BCUT2D eigenvalue weighted by molar-refractivity contribution is 14.1. The van der Waals surface area contributed by atoms with E-state index in [9.17, 15) is 9.18 Å². The molecule has 3 aromatic rings. The summed E-state index contributed by atoms with van der Waals surface area (Å²) >= 11 is 3.52. The number of hydrogen-bond acceptors (Lipinski definition) is 4. The lowest BCUT2D eigenvalue weighted by Gasteiger charge is -2.21. The summed E-state index contributed by atoms with van der Waals surface area (Å²) in [4.78, 5) is 21.6. The number of carbonyl (C=O) groups excluding carboxylic acids is 1. The van der Waals surface area contributed by atoms with Crippen molar-refractivity contribution in [1.29, 1.82) is 0 Å². The van der Waals surface area contributed by atoms with Crippen LogP contribution in [0, 0.1) is 9.39 Å². The molecular formula is C19H19FIN3OS. The van der Waals surface area contributed by atoms with E-state index in [1.165, 1.54) is 23.5 Å². The Labute approximate surface area is 169 Å². The van der Waals surface area contributed by atoms with Crippen LogP contribution in [-0.4, -0.2) is 43.0 Å². The number of rotatable bonds is 6. The van der Waals surface area contributed by atoms with E-state index >= 15 is 0 Å². The van der Waals surface area contributed by atoms with Gasteiger partial charge in [-0.2, -0.15) is 0 Å². The molecule has 0 saturated carbocycles. The fourth-order valence-corrected chi connectivity index (χ4v) is 4.24. The highest BCUT2D eigenvalue weighted by Gasteiger charge is 2.22. The van der Waals surface area contributed by atoms with Gasteiger partial charge in [0.05, 0.1) is 15.8 Å². The van der Waals surface area contributed by atoms with Crippen LogP contribution in [0.2, 0.25) is 0 Å². The maximum Gasteiger partial charge on any atom is 0.261 e. The normalized spacial score (nSPS) is 11.3. The smallest absolute Gasteiger partial charge is 0.261 e. The summed E-state index contributed by atoms with van der Waals surface area (Å²) in [6.07, 6.45) is 0.826. The minimum absolute atomic E-state index is 0.0757. The summed E-state index contributed by atoms with van der Waals surface area (Å²) in [5.74, 6) is -0.371. The van der Waals surface area contributed by atoms with Gasteiger partial charge in [-0.3, -0.25) is 9.69 Å². The maximum atomic E-state index is 13.5. The van der Waals surface area contributed by atoms with Gasteiger partial charge in [0.1, 0.15) is 5.82 Å². The molecule has 1 aromatic heterocycles. The second kappa shape index (κ2) is 8.41. The molecule has 136 valence electrons. The van der Waals surface area contributed by atoms with Gasteiger partial charge in [0.2, 0.25) is 0 Å². The zero-order valence-corrected chi connectivity index (χ0v) is 17.6. The molecule has 0 atom stereocenters. The lowest BCUT2D eigenvalue weighted by atomic mass is 10.2. The van der Waals surface area contributed by atoms with Crippen molar-refractivity contribution >= 4 is 55.2 Å². The largest absolute Gasteiger partial charge is 0.309 e. The Balaban J connectivity index is 1.96. The zero-order chi connectivity index (χ0) is 18.7. The van der Waals surface area contributed by atoms with Gasteiger partial charge in [0.25, 0.3) is 5.91 Å². The maximum absolute atomic E-state index is 13.5. The van der Waals surface area contributed by atoms with Crippen molar-refractivity contribution in [1.82, 2.24) is 9.88 Å². The first kappa shape index (κ1) is 19.2. The van der Waals surface area contributed by atoms with Gasteiger partial charge in [0, 0.05) is 10.1 Å². The van der Waals surface area contributed by atoms with Crippen LogP contribution < -0.4 is 4.90 Å². The first-order chi connectivity index (χ1) is 12.5. The molecule has 0 N–H and O–H groups in total. The summed E-state index contributed by atoms with van der Waals surface area (Å²) in [5.41, 5.74) is 1.36. The van der Waals surface area contributed by atoms with Crippen LogP contribution in [0.25, 0.3) is 10.2 Å². The minimum Gasteiger partial charge on any atom is -0.309 e. The van der Waals surface area contributed by atoms with E-state index in [2.05, 4.69) is 32.5 Å². The Kier molecular flexibility index (Phi) is 6.20. The Morgan fingerprint density at radius 2 is 1.96 bits per heavy atom. The monoisotopic (exact) mass is 483 g/mol. The molecule has 26 heavy (non-hydrogen) atoms. The van der Waals surface area contributed by atoms with Crippen molar-refractivity contribution in [2.24, 2.45) is 0 Å². The number of benzene rings is 2. The van der Waals surface area contributed by atoms with Crippen LogP contribution in [0.3, 0.4) is 0 Å². The fraction of sp³-hybridized carbons (Fsp3) is 0.263. The van der Waals surface area contributed by atoms with Crippen LogP contribution in [0.4, 0.5) is 9.52 Å². The standard InChI is InChI=1S/C19H19FIN3OS/c1-23(2)10-5-11-24(18(25)14-6-3-4-7-15(14)21)19-22-16-9-8-13(20)12-17(16)26-19/h3-4,6-9,12H,5,10-11H2,1-2H3. The molecule has 0 saturated heterocycles. The molecule has 0 unspecified atom stereocenters. The van der Waals surface area contributed by atoms with E-state index in [1.807, 2.05) is 38.4 Å². The number of hydrogen-bond donors (Lipinski definition) is 0. The van der Waals surface area contributed by atoms with Gasteiger partial charge in [-0.25, -0.2) is 9.37 Å². The molecule has 0 aliphatic heterocycles. The van der Waals surface area contributed by atoms with Crippen molar-refractivity contribution in [3.63, 3.8) is 0 Å². The van der Waals surface area contributed by atoms with E-state index < -0.39 is 0 Å². The summed E-state index contributed by atoms with van der Waals surface area (Å²) in [6, 6.07) is 12.0. The molecule has 2 aromatic carbocycles. The van der Waals surface area contributed by atoms with Crippen LogP contribution in [-0.2, 0) is 0 Å². The first-order valence-electron chi connectivity index (χ1n) is 8.23. The van der Waals surface area contributed by atoms with Gasteiger partial charge >= 0.3 is 0 Å². The van der Waals surface area contributed by atoms with Crippen molar-refractivity contribution in [2.45, 2.75) is 6.42 Å². The van der Waals surface area contributed by atoms with E-state index in [0.29, 0.717) is 22.8 Å². The molecule has 0 radical (unpaired) electrons. The molecular weight excluding hydrogens is 464 g/mol. The molecule has 0 aliphatic carbocycles. The molecule has 4 nitrogen and oxygen atoms in total. The Bertz CT molecular complexity index is 928. The second-order valence-corrected chi connectivity index (χ2v) is 8.37. The van der Waals surface area contributed by atoms with Crippen LogP contribution >= 0.6 is 33.9 Å². The number of halogens is 2.